The van der Waals surface area contributed by atoms with Crippen molar-refractivity contribution in [1.82, 2.24) is 26.2 Å². The molecule has 0 aliphatic carbocycles. The van der Waals surface area contributed by atoms with Gasteiger partial charge in [0, 0.05) is 31.7 Å². The number of nitrogens with one attached hydrogen (secondary N) is 4. The number of amides is 5. The standard InChI is InChI=1S/C44H78N6O10/c1-12-28(10)39(46-11)38(55)21-31(27(8)9)42(58)49-34(18-26(6)7)44(60)50-15-13-14-35(50)43(59)48-33(17-25(4)5)37(54)20-30(23-52)41(57)47-32(16-24(2)3)36(53)19-29(22-51)40(45)56/h24-35,39,46,51-52H,12-23H2,1-11H3,(H2,45,56)(H,47,57)(H,48,59)(H,49,58)/t28-,29-,30-,31-,32-,33-,34-,35-,39-/m0/s1. The lowest BCUT2D eigenvalue weighted by Crippen LogP contribution is -2.56. The van der Waals surface area contributed by atoms with Crippen molar-refractivity contribution in [3.63, 3.8) is 0 Å². The van der Waals surface area contributed by atoms with Crippen LogP contribution in [0.15, 0.2) is 0 Å². The van der Waals surface area contributed by atoms with Crippen molar-refractivity contribution in [3.05, 3.63) is 0 Å². The molecule has 16 nitrogen and oxygen atoms in total. The molecule has 9 atom stereocenters. The quantitative estimate of drug-likeness (QED) is 0.0574. The van der Waals surface area contributed by atoms with E-state index in [1.54, 1.807) is 7.05 Å². The van der Waals surface area contributed by atoms with Crippen LogP contribution in [0.3, 0.4) is 0 Å². The van der Waals surface area contributed by atoms with E-state index in [0.717, 1.165) is 6.42 Å². The number of hydrogen-bond acceptors (Lipinski definition) is 11. The fraction of sp³-hybridized carbons (Fsp3) is 0.818. The Morgan fingerprint density at radius 2 is 1.15 bits per heavy atom. The van der Waals surface area contributed by atoms with E-state index in [1.165, 1.54) is 4.90 Å². The number of nitrogens with two attached hydrogens (primary N) is 1. The normalized spacial score (nSPS) is 18.4. The summed E-state index contributed by atoms with van der Waals surface area (Å²) in [6.45, 7) is 17.9. The molecule has 8 N–H and O–H groups in total. The first-order valence-electron chi connectivity index (χ1n) is 22.0. The van der Waals surface area contributed by atoms with E-state index in [0.29, 0.717) is 19.3 Å². The van der Waals surface area contributed by atoms with E-state index < -0.39 is 115 Å². The first-order chi connectivity index (χ1) is 28.0. The zero-order valence-corrected chi connectivity index (χ0v) is 38.2. The van der Waals surface area contributed by atoms with E-state index in [2.05, 4.69) is 21.3 Å². The predicted molar refractivity (Wildman–Crippen MR) is 229 cm³/mol. The molecule has 0 aromatic heterocycles. The van der Waals surface area contributed by atoms with Crippen LogP contribution < -0.4 is 27.0 Å². The monoisotopic (exact) mass is 851 g/mol. The van der Waals surface area contributed by atoms with Crippen LogP contribution in [0.4, 0.5) is 0 Å². The summed E-state index contributed by atoms with van der Waals surface area (Å²) in [7, 11) is 1.73. The highest BCUT2D eigenvalue weighted by Gasteiger charge is 2.41. The summed E-state index contributed by atoms with van der Waals surface area (Å²) in [5.74, 6) is -7.40. The van der Waals surface area contributed by atoms with Crippen LogP contribution in [-0.4, -0.2) is 119 Å². The lowest BCUT2D eigenvalue weighted by atomic mass is 9.84. The lowest BCUT2D eigenvalue weighted by molar-refractivity contribution is -0.143. The number of hydrogen-bond donors (Lipinski definition) is 7. The Hall–Kier alpha value is -3.76. The first-order valence-corrected chi connectivity index (χ1v) is 22.0. The zero-order valence-electron chi connectivity index (χ0n) is 38.2. The Labute approximate surface area is 358 Å². The number of rotatable bonds is 29. The first kappa shape index (κ1) is 54.3. The van der Waals surface area contributed by atoms with Gasteiger partial charge in [-0.15, -0.1) is 0 Å². The van der Waals surface area contributed by atoms with Crippen molar-refractivity contribution >= 4 is 46.9 Å². The van der Waals surface area contributed by atoms with Crippen LogP contribution in [0.5, 0.6) is 0 Å². The number of likely N-dealkylation sites (tertiary alicyclic amines) is 1. The summed E-state index contributed by atoms with van der Waals surface area (Å²) < 4.78 is 0. The molecule has 1 rings (SSSR count). The average molecular weight is 851 g/mol. The second kappa shape index (κ2) is 26.5. The molecule has 1 aliphatic heterocycles. The number of aliphatic hydroxyl groups excluding tert-OH is 2. The molecule has 0 aromatic carbocycles. The van der Waals surface area contributed by atoms with Crippen LogP contribution in [0.2, 0.25) is 0 Å². The third-order valence-electron chi connectivity index (χ3n) is 11.5. The molecular weight excluding hydrogens is 773 g/mol. The van der Waals surface area contributed by atoms with Crippen molar-refractivity contribution < 1.29 is 48.6 Å². The molecule has 60 heavy (non-hydrogen) atoms. The van der Waals surface area contributed by atoms with E-state index >= 15 is 0 Å². The summed E-state index contributed by atoms with van der Waals surface area (Å²) >= 11 is 0. The minimum absolute atomic E-state index is 0.00317. The maximum Gasteiger partial charge on any atom is 0.245 e. The fourth-order valence-electron chi connectivity index (χ4n) is 7.76. The molecule has 0 saturated carbocycles. The Balaban J connectivity index is 3.25. The van der Waals surface area contributed by atoms with Gasteiger partial charge in [-0.05, 0) is 68.7 Å². The third kappa shape index (κ3) is 17.3. The van der Waals surface area contributed by atoms with Crippen LogP contribution in [0, 0.1) is 47.3 Å². The number of primary amides is 1. The number of carbonyl (C=O) groups is 8. The van der Waals surface area contributed by atoms with Crippen molar-refractivity contribution in [2.45, 2.75) is 157 Å². The predicted octanol–water partition coefficient (Wildman–Crippen LogP) is 2.06. The molecule has 1 aliphatic rings. The highest BCUT2D eigenvalue weighted by atomic mass is 16.3. The molecule has 0 radical (unpaired) electrons. The Kier molecular flexibility index (Phi) is 24.0. The van der Waals surface area contributed by atoms with Gasteiger partial charge < -0.3 is 42.1 Å². The molecule has 344 valence electrons. The topological polar surface area (TPSA) is 254 Å². The SMILES string of the molecule is CC[C@H](C)[C@H](NC)C(=O)C[C@H](C(=O)N[C@@H](CC(C)C)C(=O)N1CCC[C@H]1C(=O)N[C@@H](CC(C)C)C(=O)C[C@@H](CO)C(=O)N[C@@H](CC(C)C)C(=O)C[C@@H](CO)C(N)=O)C(C)C. The summed E-state index contributed by atoms with van der Waals surface area (Å²) in [6.07, 6.45) is 1.51. The molecule has 0 bridgehead atoms. The van der Waals surface area contributed by atoms with Crippen LogP contribution >= 0.6 is 0 Å². The van der Waals surface area contributed by atoms with Crippen molar-refractivity contribution in [2.75, 3.05) is 26.8 Å². The number of nitrogens with zero attached hydrogens (tertiary/aromatic N) is 1. The van der Waals surface area contributed by atoms with Gasteiger partial charge in [0.05, 0.1) is 43.2 Å². The highest BCUT2D eigenvalue weighted by Crippen LogP contribution is 2.24. The van der Waals surface area contributed by atoms with Crippen molar-refractivity contribution in [1.29, 1.82) is 0 Å². The van der Waals surface area contributed by atoms with Gasteiger partial charge in [0.1, 0.15) is 12.1 Å². The van der Waals surface area contributed by atoms with Crippen molar-refractivity contribution in [3.8, 4) is 0 Å². The largest absolute Gasteiger partial charge is 0.396 e. The van der Waals surface area contributed by atoms with E-state index in [1.807, 2.05) is 69.2 Å². The third-order valence-corrected chi connectivity index (χ3v) is 11.5. The summed E-state index contributed by atoms with van der Waals surface area (Å²) in [4.78, 5) is 109. The van der Waals surface area contributed by atoms with Crippen LogP contribution in [-0.2, 0) is 38.4 Å². The van der Waals surface area contributed by atoms with Gasteiger partial charge >= 0.3 is 0 Å². The van der Waals surface area contributed by atoms with Crippen LogP contribution in [0.1, 0.15) is 127 Å². The second-order valence-electron chi connectivity index (χ2n) is 18.4. The van der Waals surface area contributed by atoms with Gasteiger partial charge in [0.15, 0.2) is 17.3 Å². The number of aliphatic hydroxyl groups is 2. The summed E-state index contributed by atoms with van der Waals surface area (Å²) in [5, 5.41) is 31.2. The molecule has 5 amide bonds. The fourth-order valence-corrected chi connectivity index (χ4v) is 7.76. The minimum Gasteiger partial charge on any atom is -0.396 e. The molecule has 16 heteroatoms. The number of ketones is 3. The smallest absolute Gasteiger partial charge is 0.245 e. The number of Topliss-reactive ketones (excluding diaryl/α,β-unsaturated/α-hetero) is 3. The van der Waals surface area contributed by atoms with Gasteiger partial charge in [0.2, 0.25) is 29.5 Å². The molecule has 0 aromatic rings. The second-order valence-corrected chi connectivity index (χ2v) is 18.4. The maximum atomic E-state index is 14.3. The van der Waals surface area contributed by atoms with E-state index in [-0.39, 0.29) is 61.2 Å². The Morgan fingerprint density at radius 3 is 1.60 bits per heavy atom. The average Bonchev–Trinajstić information content (AvgIpc) is 3.66. The van der Waals surface area contributed by atoms with E-state index in [9.17, 15) is 48.6 Å². The van der Waals surface area contributed by atoms with Gasteiger partial charge in [0.25, 0.3) is 0 Å². The summed E-state index contributed by atoms with van der Waals surface area (Å²) in [6, 6.07) is -4.40. The van der Waals surface area contributed by atoms with Gasteiger partial charge in [-0.25, -0.2) is 0 Å². The van der Waals surface area contributed by atoms with Gasteiger partial charge in [-0.2, -0.15) is 0 Å². The maximum absolute atomic E-state index is 14.3. The molecular formula is C44H78N6O10. The highest BCUT2D eigenvalue weighted by molar-refractivity contribution is 5.98. The molecule has 1 saturated heterocycles. The lowest BCUT2D eigenvalue weighted by Gasteiger charge is -2.32. The Bertz CT molecular complexity index is 1450. The number of likely N-dealkylation sites (N-methyl/N-ethyl adjacent to an activating group) is 1. The molecule has 1 heterocycles. The molecule has 0 unspecified atom stereocenters. The minimum atomic E-state index is -1.26. The molecule has 0 spiro atoms. The Morgan fingerprint density at radius 1 is 0.667 bits per heavy atom. The van der Waals surface area contributed by atoms with Crippen molar-refractivity contribution in [2.24, 2.45) is 53.1 Å². The number of carbonyl (C=O) groups excluding carboxylic acids is 8. The van der Waals surface area contributed by atoms with E-state index in [4.69, 9.17) is 5.73 Å². The van der Waals surface area contributed by atoms with Crippen LogP contribution in [0.25, 0.3) is 0 Å². The van der Waals surface area contributed by atoms with Gasteiger partial charge in [-0.1, -0.05) is 75.7 Å². The molecule has 1 fully saturated rings. The van der Waals surface area contributed by atoms with Gasteiger partial charge in [-0.3, -0.25) is 38.4 Å². The summed E-state index contributed by atoms with van der Waals surface area (Å²) in [5.41, 5.74) is 5.30. The zero-order chi connectivity index (χ0) is 46.0.